The van der Waals surface area contributed by atoms with E-state index in [1.54, 1.807) is 0 Å². The molecule has 1 aromatic heterocycles. The molecule has 0 aliphatic carbocycles. The lowest BCUT2D eigenvalue weighted by Crippen LogP contribution is -1.99. The summed E-state index contributed by atoms with van der Waals surface area (Å²) in [5, 5.41) is 3.89. The molecule has 0 radical (unpaired) electrons. The molecular formula is C8H14N2OS. The minimum atomic E-state index is 0.769. The first-order chi connectivity index (χ1) is 5.83. The van der Waals surface area contributed by atoms with Crippen LogP contribution >= 0.6 is 11.8 Å². The van der Waals surface area contributed by atoms with Crippen molar-refractivity contribution >= 4 is 11.8 Å². The third kappa shape index (κ3) is 3.28. The molecular weight excluding hydrogens is 172 g/mol. The minimum absolute atomic E-state index is 0.769. The quantitative estimate of drug-likeness (QED) is 0.709. The summed E-state index contributed by atoms with van der Waals surface area (Å²) < 4.78 is 4.93. The molecule has 1 aromatic rings. The number of hydrogen-bond acceptors (Lipinski definition) is 4. The van der Waals surface area contributed by atoms with Crippen LogP contribution in [-0.4, -0.2) is 17.5 Å². The van der Waals surface area contributed by atoms with Crippen LogP contribution in [0, 0.1) is 6.92 Å². The van der Waals surface area contributed by atoms with Crippen molar-refractivity contribution in [2.45, 2.75) is 19.1 Å². The van der Waals surface area contributed by atoms with Crippen LogP contribution in [0.1, 0.15) is 17.9 Å². The first-order valence-electron chi connectivity index (χ1n) is 4.03. The Balaban J connectivity index is 2.15. The molecule has 68 valence electrons. The summed E-state index contributed by atoms with van der Waals surface area (Å²) >= 11 is 1.84. The van der Waals surface area contributed by atoms with Crippen molar-refractivity contribution < 1.29 is 4.52 Å². The number of aryl methyl sites for hydroxylation is 1. The van der Waals surface area contributed by atoms with Crippen LogP contribution in [0.5, 0.6) is 0 Å². The highest BCUT2D eigenvalue weighted by Gasteiger charge is 1.98. The van der Waals surface area contributed by atoms with E-state index in [1.165, 1.54) is 0 Å². The van der Waals surface area contributed by atoms with Gasteiger partial charge in [-0.1, -0.05) is 5.16 Å². The van der Waals surface area contributed by atoms with E-state index in [2.05, 4.69) is 5.16 Å². The van der Waals surface area contributed by atoms with E-state index in [0.29, 0.717) is 0 Å². The molecule has 0 fully saturated rings. The Morgan fingerprint density at radius 2 is 2.50 bits per heavy atom. The van der Waals surface area contributed by atoms with Gasteiger partial charge in [-0.2, -0.15) is 11.8 Å². The van der Waals surface area contributed by atoms with Gasteiger partial charge in [0, 0.05) is 11.8 Å². The van der Waals surface area contributed by atoms with E-state index in [0.717, 1.165) is 35.9 Å². The van der Waals surface area contributed by atoms with Gasteiger partial charge < -0.3 is 10.3 Å². The second-order valence-electron chi connectivity index (χ2n) is 2.62. The van der Waals surface area contributed by atoms with Gasteiger partial charge in [0.1, 0.15) is 5.76 Å². The van der Waals surface area contributed by atoms with Gasteiger partial charge in [0.2, 0.25) is 0 Å². The fourth-order valence-corrected chi connectivity index (χ4v) is 1.71. The number of hydrogen-bond donors (Lipinski definition) is 1. The van der Waals surface area contributed by atoms with Crippen LogP contribution in [0.3, 0.4) is 0 Å². The maximum atomic E-state index is 5.36. The molecule has 0 amide bonds. The molecule has 2 N–H and O–H groups in total. The third-order valence-electron chi connectivity index (χ3n) is 1.42. The van der Waals surface area contributed by atoms with Crippen molar-refractivity contribution in [3.63, 3.8) is 0 Å². The van der Waals surface area contributed by atoms with Gasteiger partial charge in [0.05, 0.1) is 5.69 Å². The molecule has 0 bridgehead atoms. The lowest BCUT2D eigenvalue weighted by molar-refractivity contribution is 0.393. The normalized spacial score (nSPS) is 10.5. The highest BCUT2D eigenvalue weighted by Crippen LogP contribution is 2.12. The van der Waals surface area contributed by atoms with Crippen LogP contribution < -0.4 is 5.73 Å². The average molecular weight is 186 g/mol. The maximum Gasteiger partial charge on any atom is 0.133 e. The van der Waals surface area contributed by atoms with Gasteiger partial charge in [-0.25, -0.2) is 0 Å². The van der Waals surface area contributed by atoms with Crippen LogP contribution in [-0.2, 0) is 5.75 Å². The smallest absolute Gasteiger partial charge is 0.133 e. The molecule has 1 heterocycles. The van der Waals surface area contributed by atoms with Crippen LogP contribution in [0.25, 0.3) is 0 Å². The predicted molar refractivity (Wildman–Crippen MR) is 51.1 cm³/mol. The standard InChI is InChI=1S/C8H14N2OS/c1-7-5-8(10-11-7)6-12-4-2-3-9/h5H,2-4,6,9H2,1H3. The number of rotatable bonds is 5. The summed E-state index contributed by atoms with van der Waals surface area (Å²) in [7, 11) is 0. The molecule has 0 atom stereocenters. The summed E-state index contributed by atoms with van der Waals surface area (Å²) in [6.45, 7) is 2.67. The Kier molecular flexibility index (Phi) is 4.18. The topological polar surface area (TPSA) is 52.0 Å². The lowest BCUT2D eigenvalue weighted by atomic mass is 10.4. The summed E-state index contributed by atoms with van der Waals surface area (Å²) in [6, 6.07) is 1.97. The molecule has 0 aliphatic heterocycles. The van der Waals surface area contributed by atoms with Crippen LogP contribution in [0.2, 0.25) is 0 Å². The molecule has 0 aliphatic rings. The van der Waals surface area contributed by atoms with Crippen molar-refractivity contribution in [1.29, 1.82) is 0 Å². The van der Waals surface area contributed by atoms with Gasteiger partial charge >= 0.3 is 0 Å². The molecule has 0 aromatic carbocycles. The zero-order chi connectivity index (χ0) is 8.81. The first kappa shape index (κ1) is 9.61. The van der Waals surface area contributed by atoms with E-state index in [9.17, 15) is 0 Å². The average Bonchev–Trinajstić information content (AvgIpc) is 2.45. The molecule has 12 heavy (non-hydrogen) atoms. The van der Waals surface area contributed by atoms with E-state index in [4.69, 9.17) is 10.3 Å². The number of aromatic nitrogens is 1. The zero-order valence-electron chi connectivity index (χ0n) is 7.25. The molecule has 3 nitrogen and oxygen atoms in total. The van der Waals surface area contributed by atoms with Crippen molar-refractivity contribution in [3.8, 4) is 0 Å². The molecule has 0 spiro atoms. The summed E-state index contributed by atoms with van der Waals surface area (Å²) in [6.07, 6.45) is 1.07. The fourth-order valence-electron chi connectivity index (χ4n) is 0.848. The van der Waals surface area contributed by atoms with E-state index < -0.39 is 0 Å². The SMILES string of the molecule is Cc1cc(CSCCCN)no1. The Labute approximate surface area is 76.7 Å². The Morgan fingerprint density at radius 1 is 1.67 bits per heavy atom. The minimum Gasteiger partial charge on any atom is -0.361 e. The first-order valence-corrected chi connectivity index (χ1v) is 5.18. The van der Waals surface area contributed by atoms with E-state index in [1.807, 2.05) is 24.8 Å². The van der Waals surface area contributed by atoms with Crippen LogP contribution in [0.15, 0.2) is 10.6 Å². The maximum absolute atomic E-state index is 5.36. The van der Waals surface area contributed by atoms with Crippen LogP contribution in [0.4, 0.5) is 0 Å². The van der Waals surface area contributed by atoms with E-state index >= 15 is 0 Å². The summed E-state index contributed by atoms with van der Waals surface area (Å²) in [5.74, 6) is 2.91. The van der Waals surface area contributed by atoms with Gasteiger partial charge in [-0.15, -0.1) is 0 Å². The largest absolute Gasteiger partial charge is 0.361 e. The van der Waals surface area contributed by atoms with Gasteiger partial charge in [-0.3, -0.25) is 0 Å². The lowest BCUT2D eigenvalue weighted by Gasteiger charge is -1.94. The number of nitrogens with two attached hydrogens (primary N) is 1. The predicted octanol–water partition coefficient (Wildman–Crippen LogP) is 1.57. The van der Waals surface area contributed by atoms with Crippen molar-refractivity contribution in [2.75, 3.05) is 12.3 Å². The highest BCUT2D eigenvalue weighted by molar-refractivity contribution is 7.98. The molecule has 0 saturated heterocycles. The van der Waals surface area contributed by atoms with Crippen molar-refractivity contribution in [2.24, 2.45) is 5.73 Å². The number of nitrogens with zero attached hydrogens (tertiary/aromatic N) is 1. The zero-order valence-corrected chi connectivity index (χ0v) is 8.06. The molecule has 0 saturated carbocycles. The molecule has 1 rings (SSSR count). The Bertz CT molecular complexity index is 225. The molecule has 4 heteroatoms. The van der Waals surface area contributed by atoms with Crippen molar-refractivity contribution in [3.05, 3.63) is 17.5 Å². The second kappa shape index (κ2) is 5.22. The second-order valence-corrected chi connectivity index (χ2v) is 3.73. The third-order valence-corrected chi connectivity index (χ3v) is 2.50. The Hall–Kier alpha value is -0.480. The monoisotopic (exact) mass is 186 g/mol. The summed E-state index contributed by atoms with van der Waals surface area (Å²) in [4.78, 5) is 0. The highest BCUT2D eigenvalue weighted by atomic mass is 32.2. The summed E-state index contributed by atoms with van der Waals surface area (Å²) in [5.41, 5.74) is 6.39. The van der Waals surface area contributed by atoms with Crippen molar-refractivity contribution in [1.82, 2.24) is 5.16 Å². The van der Waals surface area contributed by atoms with E-state index in [-0.39, 0.29) is 0 Å². The molecule has 0 unspecified atom stereocenters. The number of thioether (sulfide) groups is 1. The van der Waals surface area contributed by atoms with Gasteiger partial charge in [0.15, 0.2) is 0 Å². The fraction of sp³-hybridized carbons (Fsp3) is 0.625. The Morgan fingerprint density at radius 3 is 3.08 bits per heavy atom. The van der Waals surface area contributed by atoms with Gasteiger partial charge in [0.25, 0.3) is 0 Å². The van der Waals surface area contributed by atoms with Gasteiger partial charge in [-0.05, 0) is 25.6 Å².